The molecule has 2 aromatic rings. The van der Waals surface area contributed by atoms with Gasteiger partial charge in [-0.25, -0.2) is 0 Å². The zero-order valence-electron chi connectivity index (χ0n) is 14.6. The molecule has 0 unspecified atom stereocenters. The van der Waals surface area contributed by atoms with Gasteiger partial charge in [-0.3, -0.25) is 0 Å². The van der Waals surface area contributed by atoms with Crippen LogP contribution in [-0.2, 0) is 12.8 Å². The normalized spacial score (nSPS) is 11.3. The smallest absolute Gasteiger partial charge is 0.0125 e. The standard InChI is InChI=1S/C21H29P/c1-5-7-14-19-16(3)17(4)21(18-12-10-9-11-13-18)22-20(19)15-8-6-2/h9-13H,5-8,14-15H2,1-4H3. The van der Waals surface area contributed by atoms with Crippen LogP contribution >= 0.6 is 8.19 Å². The Kier molecular flexibility index (Phi) is 6.65. The summed E-state index contributed by atoms with van der Waals surface area (Å²) in [5.41, 5.74) is 6.09. The van der Waals surface area contributed by atoms with Crippen molar-refractivity contribution in [3.8, 4) is 10.9 Å². The summed E-state index contributed by atoms with van der Waals surface area (Å²) in [5, 5.41) is 3.20. The summed E-state index contributed by atoms with van der Waals surface area (Å²) in [6.07, 6.45) is 7.70. The van der Waals surface area contributed by atoms with Gasteiger partial charge in [0.05, 0.1) is 0 Å². The van der Waals surface area contributed by atoms with Crippen molar-refractivity contribution in [1.82, 2.24) is 0 Å². The second kappa shape index (κ2) is 8.49. The van der Waals surface area contributed by atoms with Crippen molar-refractivity contribution in [2.75, 3.05) is 0 Å². The summed E-state index contributed by atoms with van der Waals surface area (Å²) < 4.78 is 0. The van der Waals surface area contributed by atoms with E-state index in [0.717, 1.165) is 0 Å². The fraction of sp³-hybridized carbons (Fsp3) is 0.476. The van der Waals surface area contributed by atoms with Crippen LogP contribution in [0.3, 0.4) is 0 Å². The molecule has 0 nitrogen and oxygen atoms in total. The lowest BCUT2D eigenvalue weighted by Crippen LogP contribution is -2.00. The van der Waals surface area contributed by atoms with Gasteiger partial charge in [0.25, 0.3) is 0 Å². The molecule has 1 heterocycles. The molecule has 0 spiro atoms. The van der Waals surface area contributed by atoms with Crippen LogP contribution in [0.5, 0.6) is 0 Å². The van der Waals surface area contributed by atoms with Gasteiger partial charge in [-0.2, -0.15) is 0 Å². The van der Waals surface area contributed by atoms with Crippen molar-refractivity contribution >= 4 is 8.19 Å². The van der Waals surface area contributed by atoms with E-state index in [4.69, 9.17) is 0 Å². The molecular weight excluding hydrogens is 283 g/mol. The molecule has 1 heteroatoms. The Morgan fingerprint density at radius 3 is 2.09 bits per heavy atom. The fourth-order valence-corrected chi connectivity index (χ4v) is 4.59. The van der Waals surface area contributed by atoms with Gasteiger partial charge in [-0.1, -0.05) is 65.2 Å². The summed E-state index contributed by atoms with van der Waals surface area (Å²) in [7, 11) is 1.45. The highest BCUT2D eigenvalue weighted by atomic mass is 31.0. The number of rotatable bonds is 7. The number of aryl methyl sites for hydroxylation is 1. The summed E-state index contributed by atoms with van der Waals surface area (Å²) in [4.78, 5) is 0. The van der Waals surface area contributed by atoms with Gasteiger partial charge in [0.15, 0.2) is 0 Å². The van der Waals surface area contributed by atoms with Crippen LogP contribution in [0.2, 0.25) is 0 Å². The Morgan fingerprint density at radius 1 is 0.818 bits per heavy atom. The minimum atomic E-state index is 1.26. The lowest BCUT2D eigenvalue weighted by Gasteiger charge is -2.18. The van der Waals surface area contributed by atoms with E-state index in [0.29, 0.717) is 0 Å². The van der Waals surface area contributed by atoms with Gasteiger partial charge in [-0.15, -0.1) is 0 Å². The van der Waals surface area contributed by atoms with E-state index < -0.39 is 0 Å². The molecule has 0 radical (unpaired) electrons. The molecule has 0 aliphatic rings. The summed E-state index contributed by atoms with van der Waals surface area (Å²) in [5.74, 6) is 0. The van der Waals surface area contributed by atoms with Gasteiger partial charge in [0.2, 0.25) is 0 Å². The molecule has 0 fully saturated rings. The monoisotopic (exact) mass is 312 g/mol. The van der Waals surface area contributed by atoms with E-state index in [9.17, 15) is 0 Å². The van der Waals surface area contributed by atoms with E-state index in [2.05, 4.69) is 58.0 Å². The third kappa shape index (κ3) is 3.99. The Bertz CT molecular complexity index is 599. The molecule has 0 bridgehead atoms. The zero-order valence-corrected chi connectivity index (χ0v) is 15.5. The molecule has 0 N–H and O–H groups in total. The first-order valence-corrected chi connectivity index (χ1v) is 9.62. The Morgan fingerprint density at radius 2 is 1.45 bits per heavy atom. The molecule has 0 atom stereocenters. The number of hydrogen-bond acceptors (Lipinski definition) is 0. The molecule has 0 amide bonds. The lowest BCUT2D eigenvalue weighted by atomic mass is 9.96. The molecular formula is C21H29P. The maximum Gasteiger partial charge on any atom is 0.0125 e. The van der Waals surface area contributed by atoms with Gasteiger partial charge < -0.3 is 0 Å². The van der Waals surface area contributed by atoms with E-state index in [1.807, 2.05) is 0 Å². The summed E-state index contributed by atoms with van der Waals surface area (Å²) in [6.45, 7) is 9.24. The fourth-order valence-electron chi connectivity index (χ4n) is 3.02. The van der Waals surface area contributed by atoms with Crippen molar-refractivity contribution < 1.29 is 0 Å². The summed E-state index contributed by atoms with van der Waals surface area (Å²) in [6, 6.07) is 10.9. The van der Waals surface area contributed by atoms with Crippen molar-refractivity contribution in [2.24, 2.45) is 0 Å². The second-order valence-corrected chi connectivity index (χ2v) is 7.42. The molecule has 0 aliphatic heterocycles. The van der Waals surface area contributed by atoms with Crippen LogP contribution in [0.25, 0.3) is 10.9 Å². The van der Waals surface area contributed by atoms with Gasteiger partial charge >= 0.3 is 0 Å². The maximum atomic E-state index is 2.34. The first kappa shape index (κ1) is 17.2. The van der Waals surface area contributed by atoms with E-state index >= 15 is 0 Å². The Hall–Kier alpha value is -1.13. The van der Waals surface area contributed by atoms with Gasteiger partial charge in [0.1, 0.15) is 0 Å². The highest BCUT2D eigenvalue weighted by Gasteiger charge is 2.14. The summed E-state index contributed by atoms with van der Waals surface area (Å²) >= 11 is 0. The third-order valence-corrected chi connectivity index (χ3v) is 6.14. The van der Waals surface area contributed by atoms with Crippen molar-refractivity contribution in [3.63, 3.8) is 0 Å². The average molecular weight is 312 g/mol. The number of unbranched alkanes of at least 4 members (excludes halogenated alkanes) is 2. The highest BCUT2D eigenvalue weighted by molar-refractivity contribution is 7.35. The van der Waals surface area contributed by atoms with Gasteiger partial charge in [0, 0.05) is 5.30 Å². The van der Waals surface area contributed by atoms with Crippen LogP contribution in [0, 0.1) is 13.8 Å². The quantitative estimate of drug-likeness (QED) is 0.505. The highest BCUT2D eigenvalue weighted by Crippen LogP contribution is 2.39. The van der Waals surface area contributed by atoms with E-state index in [-0.39, 0.29) is 0 Å². The van der Waals surface area contributed by atoms with Crippen molar-refractivity contribution in [1.29, 1.82) is 0 Å². The number of benzene rings is 1. The lowest BCUT2D eigenvalue weighted by molar-refractivity contribution is 0.762. The van der Waals surface area contributed by atoms with E-state index in [1.165, 1.54) is 68.7 Å². The third-order valence-electron chi connectivity index (χ3n) is 4.56. The van der Waals surface area contributed by atoms with Crippen LogP contribution < -0.4 is 0 Å². The Balaban J connectivity index is 2.50. The van der Waals surface area contributed by atoms with Crippen molar-refractivity contribution in [2.45, 2.75) is 66.2 Å². The van der Waals surface area contributed by atoms with Gasteiger partial charge in [-0.05, 0) is 67.1 Å². The molecule has 0 saturated heterocycles. The first-order chi connectivity index (χ1) is 10.7. The molecule has 2 rings (SSSR count). The predicted octanol–water partition coefficient (Wildman–Crippen LogP) is 7.24. The molecule has 118 valence electrons. The topological polar surface area (TPSA) is 0 Å². The molecule has 1 aromatic carbocycles. The van der Waals surface area contributed by atoms with Crippen LogP contribution in [0.1, 0.15) is 61.5 Å². The number of hydrogen-bond donors (Lipinski definition) is 0. The first-order valence-electron chi connectivity index (χ1n) is 8.73. The second-order valence-electron chi connectivity index (χ2n) is 6.21. The molecule has 0 aliphatic carbocycles. The van der Waals surface area contributed by atoms with E-state index in [1.54, 1.807) is 10.9 Å². The SMILES string of the molecule is CCCCc1pc(-c2ccccc2)c(C)c(C)c1CCCC. The average Bonchev–Trinajstić information content (AvgIpc) is 2.55. The Labute approximate surface area is 138 Å². The van der Waals surface area contributed by atoms with Crippen LogP contribution in [-0.4, -0.2) is 0 Å². The molecule has 1 aromatic heterocycles. The predicted molar refractivity (Wildman–Crippen MR) is 101 cm³/mol. The zero-order chi connectivity index (χ0) is 15.9. The van der Waals surface area contributed by atoms with Crippen molar-refractivity contribution in [3.05, 3.63) is 52.3 Å². The minimum absolute atomic E-state index is 1.26. The maximum absolute atomic E-state index is 2.34. The molecule has 0 saturated carbocycles. The molecule has 22 heavy (non-hydrogen) atoms. The van der Waals surface area contributed by atoms with Crippen LogP contribution in [0.4, 0.5) is 0 Å². The van der Waals surface area contributed by atoms with Crippen LogP contribution in [0.15, 0.2) is 30.3 Å². The minimum Gasteiger partial charge on any atom is -0.0654 e. The largest absolute Gasteiger partial charge is 0.0654 e.